The van der Waals surface area contributed by atoms with Gasteiger partial charge in [0.25, 0.3) is 0 Å². The highest BCUT2D eigenvalue weighted by atomic mass is 16.5. The SMILES string of the molecule is CCC(C)(CCO)NCCOc1cccc(C(=O)O)c1. The fourth-order valence-electron chi connectivity index (χ4n) is 1.88. The van der Waals surface area contributed by atoms with Crippen LogP contribution >= 0.6 is 0 Å². The molecular weight excluding hydrogens is 258 g/mol. The largest absolute Gasteiger partial charge is 0.492 e. The Hall–Kier alpha value is -1.59. The lowest BCUT2D eigenvalue weighted by atomic mass is 9.95. The normalized spacial score (nSPS) is 13.8. The van der Waals surface area contributed by atoms with Crippen LogP contribution in [0.25, 0.3) is 0 Å². The number of hydrogen-bond donors (Lipinski definition) is 3. The van der Waals surface area contributed by atoms with Gasteiger partial charge in [0.2, 0.25) is 0 Å². The first-order valence-electron chi connectivity index (χ1n) is 6.83. The zero-order valence-electron chi connectivity index (χ0n) is 12.1. The average molecular weight is 281 g/mol. The number of aliphatic hydroxyl groups excluding tert-OH is 1. The van der Waals surface area contributed by atoms with Crippen LogP contribution in [0.3, 0.4) is 0 Å². The van der Waals surface area contributed by atoms with Gasteiger partial charge in [-0.1, -0.05) is 13.0 Å². The van der Waals surface area contributed by atoms with Crippen molar-refractivity contribution in [1.29, 1.82) is 0 Å². The quantitative estimate of drug-likeness (QED) is 0.603. The van der Waals surface area contributed by atoms with Gasteiger partial charge in [0.15, 0.2) is 0 Å². The van der Waals surface area contributed by atoms with E-state index in [0.29, 0.717) is 25.3 Å². The summed E-state index contributed by atoms with van der Waals surface area (Å²) >= 11 is 0. The monoisotopic (exact) mass is 281 g/mol. The third-order valence-electron chi connectivity index (χ3n) is 3.45. The van der Waals surface area contributed by atoms with Crippen molar-refractivity contribution in [2.75, 3.05) is 19.8 Å². The van der Waals surface area contributed by atoms with Crippen LogP contribution in [0.5, 0.6) is 5.75 Å². The van der Waals surface area contributed by atoms with Gasteiger partial charge >= 0.3 is 5.97 Å². The van der Waals surface area contributed by atoms with Crippen molar-refractivity contribution in [1.82, 2.24) is 5.32 Å². The number of carboxylic acids is 1. The smallest absolute Gasteiger partial charge is 0.335 e. The van der Waals surface area contributed by atoms with Crippen molar-refractivity contribution in [2.24, 2.45) is 0 Å². The minimum Gasteiger partial charge on any atom is -0.492 e. The van der Waals surface area contributed by atoms with E-state index < -0.39 is 5.97 Å². The van der Waals surface area contributed by atoms with E-state index in [-0.39, 0.29) is 17.7 Å². The molecule has 0 heterocycles. The molecule has 5 nitrogen and oxygen atoms in total. The minimum absolute atomic E-state index is 0.0962. The van der Waals surface area contributed by atoms with Crippen LogP contribution < -0.4 is 10.1 Å². The molecule has 1 rings (SSSR count). The summed E-state index contributed by atoms with van der Waals surface area (Å²) in [5, 5.41) is 21.3. The van der Waals surface area contributed by atoms with Crippen molar-refractivity contribution < 1.29 is 19.7 Å². The number of carboxylic acid groups (broad SMARTS) is 1. The lowest BCUT2D eigenvalue weighted by Crippen LogP contribution is -2.44. The molecule has 1 aromatic carbocycles. The van der Waals surface area contributed by atoms with Gasteiger partial charge < -0.3 is 20.3 Å². The molecule has 0 radical (unpaired) electrons. The molecule has 5 heteroatoms. The van der Waals surface area contributed by atoms with Crippen molar-refractivity contribution >= 4 is 5.97 Å². The van der Waals surface area contributed by atoms with E-state index in [4.69, 9.17) is 14.9 Å². The van der Waals surface area contributed by atoms with E-state index in [2.05, 4.69) is 19.2 Å². The van der Waals surface area contributed by atoms with Gasteiger partial charge in [-0.05, 0) is 38.0 Å². The summed E-state index contributed by atoms with van der Waals surface area (Å²) in [6.45, 7) is 5.37. The molecule has 0 fully saturated rings. The van der Waals surface area contributed by atoms with Gasteiger partial charge in [-0.25, -0.2) is 4.79 Å². The molecule has 1 aromatic rings. The zero-order valence-corrected chi connectivity index (χ0v) is 12.1. The van der Waals surface area contributed by atoms with E-state index in [1.807, 2.05) is 0 Å². The Morgan fingerprint density at radius 2 is 2.20 bits per heavy atom. The number of benzene rings is 1. The van der Waals surface area contributed by atoms with Gasteiger partial charge in [0, 0.05) is 18.7 Å². The molecule has 3 N–H and O–H groups in total. The number of hydrogen-bond acceptors (Lipinski definition) is 4. The Balaban J connectivity index is 2.41. The Morgan fingerprint density at radius 1 is 1.45 bits per heavy atom. The Kier molecular flexibility index (Phi) is 6.48. The highest BCUT2D eigenvalue weighted by Crippen LogP contribution is 2.15. The second-order valence-electron chi connectivity index (χ2n) is 5.00. The van der Waals surface area contributed by atoms with Crippen molar-refractivity contribution in [3.8, 4) is 5.75 Å². The summed E-state index contributed by atoms with van der Waals surface area (Å²) < 4.78 is 5.53. The summed E-state index contributed by atoms with van der Waals surface area (Å²) in [4.78, 5) is 10.8. The van der Waals surface area contributed by atoms with E-state index in [1.54, 1.807) is 12.1 Å². The lowest BCUT2D eigenvalue weighted by molar-refractivity contribution is 0.0696. The molecule has 0 bridgehead atoms. The molecule has 1 atom stereocenters. The fourth-order valence-corrected chi connectivity index (χ4v) is 1.88. The maximum atomic E-state index is 10.8. The van der Waals surface area contributed by atoms with Crippen LogP contribution in [0.4, 0.5) is 0 Å². The molecular formula is C15H23NO4. The van der Waals surface area contributed by atoms with Crippen molar-refractivity contribution in [3.05, 3.63) is 29.8 Å². The lowest BCUT2D eigenvalue weighted by Gasteiger charge is -2.29. The van der Waals surface area contributed by atoms with E-state index in [1.165, 1.54) is 12.1 Å². The molecule has 20 heavy (non-hydrogen) atoms. The second-order valence-corrected chi connectivity index (χ2v) is 5.00. The summed E-state index contributed by atoms with van der Waals surface area (Å²) in [6, 6.07) is 6.44. The number of nitrogens with one attached hydrogen (secondary N) is 1. The highest BCUT2D eigenvalue weighted by molar-refractivity contribution is 5.87. The highest BCUT2D eigenvalue weighted by Gasteiger charge is 2.19. The average Bonchev–Trinajstić information content (AvgIpc) is 2.44. The first-order valence-corrected chi connectivity index (χ1v) is 6.83. The first-order chi connectivity index (χ1) is 9.50. The van der Waals surface area contributed by atoms with Crippen LogP contribution in [0.1, 0.15) is 37.0 Å². The number of rotatable bonds is 9. The Labute approximate surface area is 119 Å². The standard InChI is InChI=1S/C15H23NO4/c1-3-15(2,7-9-17)16-8-10-20-13-6-4-5-12(11-13)14(18)19/h4-6,11,16-17H,3,7-10H2,1-2H3,(H,18,19). The molecule has 0 saturated carbocycles. The Bertz CT molecular complexity index is 436. The van der Waals surface area contributed by atoms with E-state index in [0.717, 1.165) is 6.42 Å². The molecule has 0 spiro atoms. The third-order valence-corrected chi connectivity index (χ3v) is 3.45. The second kappa shape index (κ2) is 7.87. The maximum Gasteiger partial charge on any atom is 0.335 e. The number of aliphatic hydroxyl groups is 1. The molecule has 0 aliphatic heterocycles. The van der Waals surface area contributed by atoms with E-state index in [9.17, 15) is 4.79 Å². The minimum atomic E-state index is -0.963. The molecule has 0 aliphatic carbocycles. The summed E-state index contributed by atoms with van der Waals surface area (Å²) in [6.07, 6.45) is 1.61. The topological polar surface area (TPSA) is 78.8 Å². The van der Waals surface area contributed by atoms with Crippen LogP contribution in [0, 0.1) is 0 Å². The van der Waals surface area contributed by atoms with Gasteiger partial charge in [-0.15, -0.1) is 0 Å². The van der Waals surface area contributed by atoms with Crippen LogP contribution in [-0.4, -0.2) is 41.5 Å². The number of ether oxygens (including phenoxy) is 1. The van der Waals surface area contributed by atoms with E-state index >= 15 is 0 Å². The maximum absolute atomic E-state index is 10.8. The summed E-state index contributed by atoms with van der Waals surface area (Å²) in [5.74, 6) is -0.415. The van der Waals surface area contributed by atoms with Crippen LogP contribution in [0.2, 0.25) is 0 Å². The zero-order chi connectivity index (χ0) is 15.0. The van der Waals surface area contributed by atoms with Gasteiger partial charge in [-0.3, -0.25) is 0 Å². The summed E-state index contributed by atoms with van der Waals surface area (Å²) in [5.41, 5.74) is 0.121. The van der Waals surface area contributed by atoms with Gasteiger partial charge in [0.05, 0.1) is 5.56 Å². The third kappa shape index (κ3) is 5.19. The van der Waals surface area contributed by atoms with Gasteiger partial charge in [0.1, 0.15) is 12.4 Å². The first kappa shape index (κ1) is 16.5. The molecule has 0 amide bonds. The molecule has 112 valence electrons. The fraction of sp³-hybridized carbons (Fsp3) is 0.533. The van der Waals surface area contributed by atoms with Crippen molar-refractivity contribution in [2.45, 2.75) is 32.2 Å². The van der Waals surface area contributed by atoms with Crippen LogP contribution in [-0.2, 0) is 0 Å². The predicted molar refractivity (Wildman–Crippen MR) is 77.3 cm³/mol. The molecule has 0 aromatic heterocycles. The van der Waals surface area contributed by atoms with Gasteiger partial charge in [-0.2, -0.15) is 0 Å². The summed E-state index contributed by atoms with van der Waals surface area (Å²) in [7, 11) is 0. The molecule has 1 unspecified atom stereocenters. The molecule has 0 aliphatic rings. The van der Waals surface area contributed by atoms with Crippen LogP contribution in [0.15, 0.2) is 24.3 Å². The Morgan fingerprint density at radius 3 is 2.80 bits per heavy atom. The number of carbonyl (C=O) groups is 1. The predicted octanol–water partition coefficient (Wildman–Crippen LogP) is 1.90. The van der Waals surface area contributed by atoms with Crippen molar-refractivity contribution in [3.63, 3.8) is 0 Å². The molecule has 0 saturated heterocycles. The number of aromatic carboxylic acids is 1.